The van der Waals surface area contributed by atoms with Crippen molar-refractivity contribution in [3.05, 3.63) is 59.1 Å². The van der Waals surface area contributed by atoms with Crippen molar-refractivity contribution in [1.29, 1.82) is 0 Å². The Morgan fingerprint density at radius 3 is 2.24 bits per heavy atom. The van der Waals surface area contributed by atoms with E-state index in [1.54, 1.807) is 19.1 Å². The Balaban J connectivity index is 1.98. The first-order chi connectivity index (χ1) is 10.00. The van der Waals surface area contributed by atoms with Crippen molar-refractivity contribution in [1.82, 2.24) is 0 Å². The molecule has 0 atom stereocenters. The fraction of sp³-hybridized carbons (Fsp3) is 0.200. The van der Waals surface area contributed by atoms with Crippen LogP contribution in [0, 0.1) is 0 Å². The Morgan fingerprint density at radius 2 is 1.62 bits per heavy atom. The van der Waals surface area contributed by atoms with Crippen LogP contribution < -0.4 is 10.0 Å². The third-order valence-corrected chi connectivity index (χ3v) is 4.65. The zero-order valence-electron chi connectivity index (χ0n) is 11.6. The number of hydrogen-bond acceptors (Lipinski definition) is 3. The number of rotatable bonds is 6. The van der Waals surface area contributed by atoms with Crippen LogP contribution in [-0.4, -0.2) is 14.2 Å². The molecule has 0 aliphatic rings. The predicted molar refractivity (Wildman–Crippen MR) is 88.3 cm³/mol. The van der Waals surface area contributed by atoms with Crippen LogP contribution in [0.15, 0.2) is 48.5 Å². The van der Waals surface area contributed by atoms with Crippen molar-refractivity contribution in [3.8, 4) is 0 Å². The molecule has 2 N–H and O–H groups in total. The minimum Gasteiger partial charge on any atom is -0.381 e. The lowest BCUT2D eigenvalue weighted by Crippen LogP contribution is -2.14. The SMILES string of the molecule is CCS(=O)(=O)Nc1ccc(NCc2ccccc2Cl)cc1. The van der Waals surface area contributed by atoms with Crippen molar-refractivity contribution >= 4 is 33.0 Å². The Hall–Kier alpha value is -1.72. The number of hydrogen-bond donors (Lipinski definition) is 2. The Labute approximate surface area is 130 Å². The van der Waals surface area contributed by atoms with Crippen LogP contribution in [-0.2, 0) is 16.6 Å². The molecule has 2 aromatic carbocycles. The van der Waals surface area contributed by atoms with Gasteiger partial charge in [0.2, 0.25) is 10.0 Å². The molecule has 2 aromatic rings. The summed E-state index contributed by atoms with van der Waals surface area (Å²) >= 11 is 6.09. The normalized spacial score (nSPS) is 11.1. The highest BCUT2D eigenvalue weighted by atomic mass is 35.5. The average Bonchev–Trinajstić information content (AvgIpc) is 2.48. The van der Waals surface area contributed by atoms with Crippen LogP contribution in [0.3, 0.4) is 0 Å². The Morgan fingerprint density at radius 1 is 1.00 bits per heavy atom. The Kier molecular flexibility index (Phi) is 5.09. The molecule has 0 fully saturated rings. The van der Waals surface area contributed by atoms with E-state index in [9.17, 15) is 8.42 Å². The van der Waals surface area contributed by atoms with E-state index in [2.05, 4.69) is 10.0 Å². The van der Waals surface area contributed by atoms with Crippen molar-refractivity contribution in [2.45, 2.75) is 13.5 Å². The lowest BCUT2D eigenvalue weighted by molar-refractivity contribution is 0.602. The van der Waals surface area contributed by atoms with Gasteiger partial charge in [-0.2, -0.15) is 0 Å². The van der Waals surface area contributed by atoms with Crippen LogP contribution in [0.25, 0.3) is 0 Å². The maximum absolute atomic E-state index is 11.5. The monoisotopic (exact) mass is 324 g/mol. The highest BCUT2D eigenvalue weighted by Gasteiger charge is 2.06. The standard InChI is InChI=1S/C15H17ClN2O2S/c1-2-21(19,20)18-14-9-7-13(8-10-14)17-11-12-5-3-4-6-15(12)16/h3-10,17-18H,2,11H2,1H3. The van der Waals surface area contributed by atoms with Crippen LogP contribution in [0.2, 0.25) is 5.02 Å². The number of sulfonamides is 1. The molecule has 4 nitrogen and oxygen atoms in total. The molecule has 0 saturated heterocycles. The van der Waals surface area contributed by atoms with Crippen molar-refractivity contribution < 1.29 is 8.42 Å². The molecule has 0 aliphatic carbocycles. The second kappa shape index (κ2) is 6.83. The molecule has 2 rings (SSSR count). The Bertz CT molecular complexity index is 700. The topological polar surface area (TPSA) is 58.2 Å². The van der Waals surface area contributed by atoms with Gasteiger partial charge >= 0.3 is 0 Å². The van der Waals surface area contributed by atoms with E-state index in [-0.39, 0.29) is 5.75 Å². The third kappa shape index (κ3) is 4.65. The summed E-state index contributed by atoms with van der Waals surface area (Å²) in [6.07, 6.45) is 0. The molecule has 0 saturated carbocycles. The first-order valence-corrected chi connectivity index (χ1v) is 8.61. The van der Waals surface area contributed by atoms with Gasteiger partial charge in [-0.15, -0.1) is 0 Å². The molecule has 0 radical (unpaired) electrons. The third-order valence-electron chi connectivity index (χ3n) is 2.98. The van der Waals surface area contributed by atoms with Crippen molar-refractivity contribution in [2.75, 3.05) is 15.8 Å². The number of benzene rings is 2. The van der Waals surface area contributed by atoms with Gasteiger partial charge in [0, 0.05) is 22.9 Å². The van der Waals surface area contributed by atoms with E-state index in [0.717, 1.165) is 16.3 Å². The first kappa shape index (κ1) is 15.7. The lowest BCUT2D eigenvalue weighted by atomic mass is 10.2. The van der Waals surface area contributed by atoms with Gasteiger partial charge in [-0.25, -0.2) is 8.42 Å². The number of anilines is 2. The van der Waals surface area contributed by atoms with E-state index in [1.807, 2.05) is 36.4 Å². The van der Waals surface area contributed by atoms with Gasteiger partial charge in [-0.1, -0.05) is 29.8 Å². The molecular formula is C15H17ClN2O2S. The molecule has 0 amide bonds. The lowest BCUT2D eigenvalue weighted by Gasteiger charge is -2.10. The molecule has 0 unspecified atom stereocenters. The highest BCUT2D eigenvalue weighted by molar-refractivity contribution is 7.92. The fourth-order valence-corrected chi connectivity index (χ4v) is 2.59. The van der Waals surface area contributed by atoms with Gasteiger partial charge in [-0.05, 0) is 42.8 Å². The number of nitrogens with one attached hydrogen (secondary N) is 2. The van der Waals surface area contributed by atoms with Gasteiger partial charge in [0.05, 0.1) is 5.75 Å². The van der Waals surface area contributed by atoms with E-state index >= 15 is 0 Å². The molecular weight excluding hydrogens is 308 g/mol. The molecule has 0 aromatic heterocycles. The summed E-state index contributed by atoms with van der Waals surface area (Å²) in [5.74, 6) is 0.0551. The van der Waals surface area contributed by atoms with Gasteiger partial charge < -0.3 is 5.32 Å². The predicted octanol–water partition coefficient (Wildman–Crippen LogP) is 3.71. The largest absolute Gasteiger partial charge is 0.381 e. The smallest absolute Gasteiger partial charge is 0.232 e. The van der Waals surface area contributed by atoms with Crippen LogP contribution in [0.4, 0.5) is 11.4 Å². The summed E-state index contributed by atoms with van der Waals surface area (Å²) in [5, 5.41) is 3.96. The minimum absolute atomic E-state index is 0.0551. The second-order valence-corrected chi connectivity index (χ2v) is 6.95. The highest BCUT2D eigenvalue weighted by Crippen LogP contribution is 2.19. The molecule has 0 bridgehead atoms. The molecule has 6 heteroatoms. The fourth-order valence-electron chi connectivity index (χ4n) is 1.75. The molecule has 0 heterocycles. The molecule has 0 spiro atoms. The van der Waals surface area contributed by atoms with E-state index in [4.69, 9.17) is 11.6 Å². The summed E-state index contributed by atoms with van der Waals surface area (Å²) in [5.41, 5.74) is 2.46. The molecule has 112 valence electrons. The van der Waals surface area contributed by atoms with Crippen LogP contribution in [0.5, 0.6) is 0 Å². The van der Waals surface area contributed by atoms with Gasteiger partial charge in [-0.3, -0.25) is 4.72 Å². The van der Waals surface area contributed by atoms with Crippen LogP contribution in [0.1, 0.15) is 12.5 Å². The summed E-state index contributed by atoms with van der Waals surface area (Å²) in [6, 6.07) is 14.7. The minimum atomic E-state index is -3.23. The summed E-state index contributed by atoms with van der Waals surface area (Å²) in [7, 11) is -3.23. The maximum Gasteiger partial charge on any atom is 0.232 e. The quantitative estimate of drug-likeness (QED) is 0.851. The van der Waals surface area contributed by atoms with Crippen molar-refractivity contribution in [2.24, 2.45) is 0 Å². The maximum atomic E-state index is 11.5. The van der Waals surface area contributed by atoms with Crippen molar-refractivity contribution in [3.63, 3.8) is 0 Å². The zero-order chi connectivity index (χ0) is 15.3. The van der Waals surface area contributed by atoms with E-state index in [1.165, 1.54) is 0 Å². The summed E-state index contributed by atoms with van der Waals surface area (Å²) < 4.78 is 25.4. The zero-order valence-corrected chi connectivity index (χ0v) is 13.2. The number of halogens is 1. The van der Waals surface area contributed by atoms with Crippen LogP contribution >= 0.6 is 11.6 Å². The first-order valence-electron chi connectivity index (χ1n) is 6.58. The summed E-state index contributed by atoms with van der Waals surface area (Å²) in [4.78, 5) is 0. The van der Waals surface area contributed by atoms with E-state index < -0.39 is 10.0 Å². The summed E-state index contributed by atoms with van der Waals surface area (Å²) in [6.45, 7) is 2.21. The van der Waals surface area contributed by atoms with Gasteiger partial charge in [0.1, 0.15) is 0 Å². The molecule has 0 aliphatic heterocycles. The second-order valence-electron chi connectivity index (χ2n) is 4.53. The average molecular weight is 325 g/mol. The van der Waals surface area contributed by atoms with Gasteiger partial charge in [0.25, 0.3) is 0 Å². The van der Waals surface area contributed by atoms with Gasteiger partial charge in [0.15, 0.2) is 0 Å². The molecule has 21 heavy (non-hydrogen) atoms. The van der Waals surface area contributed by atoms with E-state index in [0.29, 0.717) is 12.2 Å².